The van der Waals surface area contributed by atoms with Gasteiger partial charge in [0, 0.05) is 12.1 Å². The van der Waals surface area contributed by atoms with E-state index in [9.17, 15) is 8.42 Å². The third kappa shape index (κ3) is 3.59. The maximum absolute atomic E-state index is 12.0. The Kier molecular flexibility index (Phi) is 4.96. The zero-order valence-electron chi connectivity index (χ0n) is 9.90. The second-order valence-corrected chi connectivity index (χ2v) is 6.80. The van der Waals surface area contributed by atoms with Crippen molar-refractivity contribution in [1.29, 1.82) is 0 Å². The molecule has 15 heavy (non-hydrogen) atoms. The lowest BCUT2D eigenvalue weighted by atomic mass is 10.1. The zero-order valence-corrected chi connectivity index (χ0v) is 10.7. The van der Waals surface area contributed by atoms with Crippen molar-refractivity contribution < 1.29 is 13.5 Å². The van der Waals surface area contributed by atoms with Crippen molar-refractivity contribution >= 4 is 10.0 Å². The van der Waals surface area contributed by atoms with E-state index in [-0.39, 0.29) is 13.2 Å². The van der Waals surface area contributed by atoms with Crippen LogP contribution in [0.4, 0.5) is 0 Å². The number of hydrogen-bond donors (Lipinski definition) is 1. The Morgan fingerprint density at radius 3 is 2.20 bits per heavy atom. The van der Waals surface area contributed by atoms with Crippen LogP contribution in [0, 0.1) is 0 Å². The third-order valence-corrected chi connectivity index (χ3v) is 4.59. The van der Waals surface area contributed by atoms with E-state index < -0.39 is 20.8 Å². The van der Waals surface area contributed by atoms with E-state index in [4.69, 9.17) is 5.11 Å². The predicted molar refractivity (Wildman–Crippen MR) is 62.1 cm³/mol. The van der Waals surface area contributed by atoms with E-state index in [0.717, 1.165) is 0 Å². The van der Waals surface area contributed by atoms with Crippen LogP contribution in [-0.4, -0.2) is 41.8 Å². The van der Waals surface area contributed by atoms with Gasteiger partial charge in [0.2, 0.25) is 10.0 Å². The maximum atomic E-state index is 12.0. The monoisotopic (exact) mass is 235 g/mol. The van der Waals surface area contributed by atoms with Gasteiger partial charge in [-0.1, -0.05) is 6.08 Å². The quantitative estimate of drug-likeness (QED) is 0.723. The van der Waals surface area contributed by atoms with Crippen molar-refractivity contribution in [1.82, 2.24) is 4.31 Å². The Bertz CT molecular complexity index is 303. The maximum Gasteiger partial charge on any atom is 0.219 e. The van der Waals surface area contributed by atoms with Gasteiger partial charge < -0.3 is 5.11 Å². The number of sulfonamides is 1. The van der Waals surface area contributed by atoms with E-state index >= 15 is 0 Å². The Hall–Kier alpha value is -0.390. The molecule has 0 aliphatic rings. The number of nitrogens with zero attached hydrogens (tertiary/aromatic N) is 1. The molecule has 0 bridgehead atoms. The molecule has 0 aromatic heterocycles. The number of aliphatic hydroxyl groups is 1. The van der Waals surface area contributed by atoms with Crippen LogP contribution >= 0.6 is 0 Å². The molecule has 1 unspecified atom stereocenters. The van der Waals surface area contributed by atoms with Crippen LogP contribution in [0.3, 0.4) is 0 Å². The minimum Gasteiger partial charge on any atom is -0.395 e. The van der Waals surface area contributed by atoms with Gasteiger partial charge in [-0.25, -0.2) is 8.42 Å². The van der Waals surface area contributed by atoms with Gasteiger partial charge in [0.25, 0.3) is 0 Å². The highest BCUT2D eigenvalue weighted by atomic mass is 32.2. The van der Waals surface area contributed by atoms with Crippen LogP contribution in [0.1, 0.15) is 27.7 Å². The van der Waals surface area contributed by atoms with Crippen molar-refractivity contribution in [3.8, 4) is 0 Å². The fraction of sp³-hybridized carbons (Fsp3) is 0.800. The highest BCUT2D eigenvalue weighted by molar-refractivity contribution is 7.89. The topological polar surface area (TPSA) is 57.6 Å². The summed E-state index contributed by atoms with van der Waals surface area (Å²) < 4.78 is 25.4. The van der Waals surface area contributed by atoms with Crippen LogP contribution in [0.5, 0.6) is 0 Å². The van der Waals surface area contributed by atoms with Gasteiger partial charge >= 0.3 is 0 Å². The summed E-state index contributed by atoms with van der Waals surface area (Å²) >= 11 is 0. The highest BCUT2D eigenvalue weighted by Gasteiger charge is 2.35. The third-order valence-electron chi connectivity index (χ3n) is 2.12. The fourth-order valence-electron chi connectivity index (χ4n) is 1.19. The summed E-state index contributed by atoms with van der Waals surface area (Å²) in [5.41, 5.74) is -0.504. The fourth-order valence-corrected chi connectivity index (χ4v) is 2.89. The molecule has 0 aromatic rings. The van der Waals surface area contributed by atoms with Crippen molar-refractivity contribution in [3.05, 3.63) is 12.7 Å². The molecule has 0 heterocycles. The van der Waals surface area contributed by atoms with Crippen LogP contribution in [-0.2, 0) is 10.0 Å². The molecule has 5 heteroatoms. The first-order chi connectivity index (χ1) is 6.67. The van der Waals surface area contributed by atoms with Crippen molar-refractivity contribution in [2.45, 2.75) is 38.5 Å². The van der Waals surface area contributed by atoms with Crippen molar-refractivity contribution in [2.24, 2.45) is 0 Å². The number of aliphatic hydroxyl groups excluding tert-OH is 1. The molecular weight excluding hydrogens is 214 g/mol. The van der Waals surface area contributed by atoms with Gasteiger partial charge in [0.15, 0.2) is 0 Å². The molecule has 0 saturated carbocycles. The summed E-state index contributed by atoms with van der Waals surface area (Å²) in [5.74, 6) is 0. The predicted octanol–water partition coefficient (Wildman–Crippen LogP) is 0.983. The Labute approximate surface area is 92.6 Å². The van der Waals surface area contributed by atoms with Crippen LogP contribution < -0.4 is 0 Å². The van der Waals surface area contributed by atoms with Gasteiger partial charge in [-0.3, -0.25) is 0 Å². The van der Waals surface area contributed by atoms with Gasteiger partial charge in [-0.2, -0.15) is 4.31 Å². The summed E-state index contributed by atoms with van der Waals surface area (Å²) in [4.78, 5) is 0. The molecule has 0 fully saturated rings. The summed E-state index contributed by atoms with van der Waals surface area (Å²) in [6, 6.07) is 0. The molecule has 4 nitrogen and oxygen atoms in total. The molecule has 1 atom stereocenters. The number of hydrogen-bond acceptors (Lipinski definition) is 3. The molecule has 0 aromatic carbocycles. The smallest absolute Gasteiger partial charge is 0.219 e. The molecule has 90 valence electrons. The van der Waals surface area contributed by atoms with Crippen molar-refractivity contribution in [3.63, 3.8) is 0 Å². The van der Waals surface area contributed by atoms with Crippen LogP contribution in [0.2, 0.25) is 0 Å². The first-order valence-corrected chi connectivity index (χ1v) is 6.41. The highest BCUT2D eigenvalue weighted by Crippen LogP contribution is 2.20. The van der Waals surface area contributed by atoms with E-state index in [0.29, 0.717) is 0 Å². The lowest BCUT2D eigenvalue weighted by Gasteiger charge is -2.35. The summed E-state index contributed by atoms with van der Waals surface area (Å²) in [6.07, 6.45) is 1.55. The second-order valence-electron chi connectivity index (χ2n) is 4.53. The van der Waals surface area contributed by atoms with Crippen LogP contribution in [0.15, 0.2) is 12.7 Å². The first kappa shape index (κ1) is 14.6. The van der Waals surface area contributed by atoms with E-state index in [2.05, 4.69) is 6.58 Å². The van der Waals surface area contributed by atoms with Gasteiger partial charge in [0.1, 0.15) is 0 Å². The Morgan fingerprint density at radius 1 is 1.47 bits per heavy atom. The molecule has 0 amide bonds. The molecule has 0 rings (SSSR count). The van der Waals surface area contributed by atoms with Gasteiger partial charge in [0.05, 0.1) is 11.9 Å². The average molecular weight is 235 g/mol. The molecule has 0 radical (unpaired) electrons. The zero-order chi connectivity index (χ0) is 12.3. The summed E-state index contributed by atoms with van der Waals surface area (Å²) in [7, 11) is -3.46. The van der Waals surface area contributed by atoms with E-state index in [1.807, 2.05) is 20.8 Å². The largest absolute Gasteiger partial charge is 0.395 e. The molecule has 0 saturated heterocycles. The minimum absolute atomic E-state index is 0.260. The Balaban J connectivity index is 5.18. The molecule has 0 spiro atoms. The second kappa shape index (κ2) is 5.09. The lowest BCUT2D eigenvalue weighted by Crippen LogP contribution is -2.49. The lowest BCUT2D eigenvalue weighted by molar-refractivity contribution is 0.252. The minimum atomic E-state index is -3.46. The van der Waals surface area contributed by atoms with E-state index in [1.165, 1.54) is 11.2 Å². The first-order valence-electron chi connectivity index (χ1n) is 4.91. The molecule has 0 aliphatic heterocycles. The molecular formula is C10H21NO3S. The standard InChI is InChI=1S/C10H21NO3S/c1-6-7-11(10(3,4)5)15(13,14)9(2)8-12/h6,9,12H,1,7-8H2,2-5H3. The van der Waals surface area contributed by atoms with Gasteiger partial charge in [-0.05, 0) is 27.7 Å². The Morgan fingerprint density at radius 2 is 1.93 bits per heavy atom. The summed E-state index contributed by atoms with van der Waals surface area (Å²) in [6.45, 7) is 10.4. The molecule has 1 N–H and O–H groups in total. The van der Waals surface area contributed by atoms with Crippen LogP contribution in [0.25, 0.3) is 0 Å². The molecule has 0 aliphatic carbocycles. The van der Waals surface area contributed by atoms with Gasteiger partial charge in [-0.15, -0.1) is 6.58 Å². The van der Waals surface area contributed by atoms with Crippen molar-refractivity contribution in [2.75, 3.05) is 13.2 Å². The average Bonchev–Trinajstić information content (AvgIpc) is 2.10. The van der Waals surface area contributed by atoms with E-state index in [1.54, 1.807) is 6.08 Å². The SMILES string of the molecule is C=CCN(C(C)(C)C)S(=O)(=O)C(C)CO. The normalized spacial score (nSPS) is 15.3. The number of rotatable bonds is 5. The summed E-state index contributed by atoms with van der Waals surface area (Å²) in [5, 5.41) is 8.14.